The first kappa shape index (κ1) is 18.5. The van der Waals surface area contributed by atoms with Crippen molar-refractivity contribution in [1.82, 2.24) is 4.90 Å². The number of carboxylic acids is 1. The summed E-state index contributed by atoms with van der Waals surface area (Å²) in [6.45, 7) is 0.156. The Morgan fingerprint density at radius 1 is 1.29 bits per heavy atom. The van der Waals surface area contributed by atoms with Crippen molar-refractivity contribution >= 4 is 46.3 Å². The molecule has 9 heteroatoms. The van der Waals surface area contributed by atoms with Gasteiger partial charge >= 0.3 is 6.18 Å². The Labute approximate surface area is 145 Å². The first-order valence-corrected chi connectivity index (χ1v) is 8.03. The molecule has 4 nitrogen and oxygen atoms in total. The van der Waals surface area contributed by atoms with Gasteiger partial charge in [0.2, 0.25) is 0 Å². The normalized spacial score (nSPS) is 17.0. The van der Waals surface area contributed by atoms with E-state index in [4.69, 9.17) is 12.2 Å². The van der Waals surface area contributed by atoms with Crippen LogP contribution in [0.5, 0.6) is 0 Å². The lowest BCUT2D eigenvalue weighted by Gasteiger charge is -2.14. The Morgan fingerprint density at radius 3 is 2.46 bits per heavy atom. The third-order valence-corrected chi connectivity index (χ3v) is 4.55. The average Bonchev–Trinajstić information content (AvgIpc) is 2.74. The van der Waals surface area contributed by atoms with Crippen LogP contribution in [0.4, 0.5) is 13.2 Å². The number of halogens is 3. The van der Waals surface area contributed by atoms with Gasteiger partial charge in [-0.05, 0) is 36.6 Å². The van der Waals surface area contributed by atoms with Crippen LogP contribution >= 0.6 is 24.0 Å². The summed E-state index contributed by atoms with van der Waals surface area (Å²) in [7, 11) is 0. The Morgan fingerprint density at radius 2 is 1.92 bits per heavy atom. The summed E-state index contributed by atoms with van der Waals surface area (Å²) < 4.78 is 37.9. The number of carbonyl (C=O) groups excluding carboxylic acids is 2. The molecule has 0 spiro atoms. The molecule has 24 heavy (non-hydrogen) atoms. The van der Waals surface area contributed by atoms with Gasteiger partial charge in [0.1, 0.15) is 4.32 Å². The molecule has 128 valence electrons. The van der Waals surface area contributed by atoms with E-state index in [1.54, 1.807) is 0 Å². The number of carboxylic acid groups (broad SMARTS) is 1. The van der Waals surface area contributed by atoms with Crippen LogP contribution in [0, 0.1) is 0 Å². The van der Waals surface area contributed by atoms with Gasteiger partial charge in [-0.25, -0.2) is 0 Å². The number of alkyl halides is 3. The number of hydrogen-bond acceptors (Lipinski definition) is 5. The molecule has 1 aliphatic rings. The van der Waals surface area contributed by atoms with Gasteiger partial charge in [-0.1, -0.05) is 36.1 Å². The van der Waals surface area contributed by atoms with Crippen LogP contribution in [0.1, 0.15) is 24.0 Å². The van der Waals surface area contributed by atoms with E-state index in [-0.39, 0.29) is 34.5 Å². The predicted octanol–water partition coefficient (Wildman–Crippen LogP) is 2.44. The number of thioether (sulfide) groups is 1. The summed E-state index contributed by atoms with van der Waals surface area (Å²) in [6, 6.07) is 4.41. The van der Waals surface area contributed by atoms with Crippen LogP contribution in [0.15, 0.2) is 29.2 Å². The van der Waals surface area contributed by atoms with E-state index in [1.165, 1.54) is 23.1 Å². The summed E-state index contributed by atoms with van der Waals surface area (Å²) >= 11 is 6.10. The molecule has 0 saturated carbocycles. The second-order valence-corrected chi connectivity index (χ2v) is 6.60. The van der Waals surface area contributed by atoms with Crippen molar-refractivity contribution in [3.63, 3.8) is 0 Å². The lowest BCUT2D eigenvalue weighted by Crippen LogP contribution is -2.30. The lowest BCUT2D eigenvalue weighted by atomic mass is 10.1. The maximum absolute atomic E-state index is 12.5. The van der Waals surface area contributed by atoms with Crippen molar-refractivity contribution in [3.8, 4) is 0 Å². The van der Waals surface area contributed by atoms with E-state index in [1.807, 2.05) is 0 Å². The summed E-state index contributed by atoms with van der Waals surface area (Å²) in [5.41, 5.74) is -0.326. The van der Waals surface area contributed by atoms with Crippen LogP contribution < -0.4 is 5.11 Å². The Bertz CT molecular complexity index is 699. The molecule has 1 aromatic rings. The molecule has 2 rings (SSSR count). The Hall–Kier alpha value is -1.87. The number of benzene rings is 1. The molecule has 1 aromatic carbocycles. The number of amides is 1. The standard InChI is InChI=1S/C15H12F3NO3S2/c16-15(17,18)10-5-3-9(4-6-10)8-11-13(22)19(14(23)24-11)7-1-2-12(20)21/h3-6,8H,1-2,7H2,(H,20,21)/p-1/b11-8+. The van der Waals surface area contributed by atoms with Crippen molar-refractivity contribution in [2.45, 2.75) is 19.0 Å². The number of aliphatic carboxylic acids is 1. The molecular weight excluding hydrogens is 363 g/mol. The van der Waals surface area contributed by atoms with E-state index in [0.717, 1.165) is 23.9 Å². The van der Waals surface area contributed by atoms with E-state index < -0.39 is 17.7 Å². The molecule has 0 bridgehead atoms. The topological polar surface area (TPSA) is 60.4 Å². The van der Waals surface area contributed by atoms with Crippen LogP contribution in [0.2, 0.25) is 0 Å². The van der Waals surface area contributed by atoms with Crippen molar-refractivity contribution in [1.29, 1.82) is 0 Å². The monoisotopic (exact) mass is 374 g/mol. The van der Waals surface area contributed by atoms with E-state index in [9.17, 15) is 27.9 Å². The first-order chi connectivity index (χ1) is 11.2. The van der Waals surface area contributed by atoms with Crippen LogP contribution in [-0.2, 0) is 15.8 Å². The minimum atomic E-state index is -4.42. The molecular formula is C15H11F3NO3S2-. The molecule has 1 heterocycles. The van der Waals surface area contributed by atoms with E-state index >= 15 is 0 Å². The highest BCUT2D eigenvalue weighted by Crippen LogP contribution is 2.33. The zero-order chi connectivity index (χ0) is 17.9. The van der Waals surface area contributed by atoms with E-state index in [2.05, 4.69) is 0 Å². The minimum absolute atomic E-state index is 0.156. The molecule has 0 aliphatic carbocycles. The average molecular weight is 374 g/mol. The molecule has 0 atom stereocenters. The largest absolute Gasteiger partial charge is 0.550 e. The third kappa shape index (κ3) is 4.57. The van der Waals surface area contributed by atoms with Crippen LogP contribution in [0.3, 0.4) is 0 Å². The van der Waals surface area contributed by atoms with Gasteiger partial charge < -0.3 is 9.90 Å². The molecule has 1 amide bonds. The van der Waals surface area contributed by atoms with Gasteiger partial charge in [0.15, 0.2) is 0 Å². The van der Waals surface area contributed by atoms with Crippen LogP contribution in [-0.4, -0.2) is 27.6 Å². The SMILES string of the molecule is O=C([O-])CCCN1C(=O)/C(=C\c2ccc(C(F)(F)F)cc2)SC1=S. The van der Waals surface area contributed by atoms with Gasteiger partial charge in [0.05, 0.1) is 10.5 Å². The van der Waals surface area contributed by atoms with Crippen molar-refractivity contribution in [2.24, 2.45) is 0 Å². The molecule has 0 N–H and O–H groups in total. The highest BCUT2D eigenvalue weighted by molar-refractivity contribution is 8.26. The quantitative estimate of drug-likeness (QED) is 0.585. The molecule has 0 radical (unpaired) electrons. The predicted molar refractivity (Wildman–Crippen MR) is 85.6 cm³/mol. The van der Waals surface area contributed by atoms with Gasteiger partial charge in [-0.2, -0.15) is 13.2 Å². The Kier molecular flexibility index (Phi) is 5.66. The number of nitrogens with zero attached hydrogens (tertiary/aromatic N) is 1. The van der Waals surface area contributed by atoms with Gasteiger partial charge in [0, 0.05) is 12.5 Å². The fraction of sp³-hybridized carbons (Fsp3) is 0.267. The second kappa shape index (κ2) is 7.35. The summed E-state index contributed by atoms with van der Waals surface area (Å²) in [6.07, 6.45) is -2.93. The van der Waals surface area contributed by atoms with Crippen molar-refractivity contribution in [2.75, 3.05) is 6.54 Å². The Balaban J connectivity index is 2.09. The number of carbonyl (C=O) groups is 2. The smallest absolute Gasteiger partial charge is 0.416 e. The molecule has 1 saturated heterocycles. The second-order valence-electron chi connectivity index (χ2n) is 4.93. The third-order valence-electron chi connectivity index (χ3n) is 3.17. The zero-order valence-electron chi connectivity index (χ0n) is 12.1. The first-order valence-electron chi connectivity index (χ1n) is 6.81. The van der Waals surface area contributed by atoms with Gasteiger partial charge in [0.25, 0.3) is 5.91 Å². The van der Waals surface area contributed by atoms with Gasteiger partial charge in [-0.3, -0.25) is 9.69 Å². The number of thiocarbonyl (C=S) groups is 1. The van der Waals surface area contributed by atoms with Gasteiger partial charge in [-0.15, -0.1) is 0 Å². The number of hydrogen-bond donors (Lipinski definition) is 0. The minimum Gasteiger partial charge on any atom is -0.550 e. The maximum atomic E-state index is 12.5. The summed E-state index contributed by atoms with van der Waals surface area (Å²) in [4.78, 5) is 24.2. The van der Waals surface area contributed by atoms with Crippen molar-refractivity contribution < 1.29 is 27.9 Å². The fourth-order valence-electron chi connectivity index (χ4n) is 1.99. The highest BCUT2D eigenvalue weighted by atomic mass is 32.2. The molecule has 1 aliphatic heterocycles. The lowest BCUT2D eigenvalue weighted by molar-refractivity contribution is -0.305. The highest BCUT2D eigenvalue weighted by Gasteiger charge is 2.32. The van der Waals surface area contributed by atoms with Crippen molar-refractivity contribution in [3.05, 3.63) is 40.3 Å². The molecule has 0 unspecified atom stereocenters. The molecule has 1 fully saturated rings. The number of rotatable bonds is 5. The fourth-order valence-corrected chi connectivity index (χ4v) is 3.30. The van der Waals surface area contributed by atoms with E-state index in [0.29, 0.717) is 5.56 Å². The van der Waals surface area contributed by atoms with Crippen LogP contribution in [0.25, 0.3) is 6.08 Å². The summed E-state index contributed by atoms with van der Waals surface area (Å²) in [5, 5.41) is 10.4. The maximum Gasteiger partial charge on any atom is 0.416 e. The molecule has 0 aromatic heterocycles. The zero-order valence-corrected chi connectivity index (χ0v) is 13.8. The summed E-state index contributed by atoms with van der Waals surface area (Å²) in [5.74, 6) is -1.59.